The molecule has 0 bridgehead atoms. The second-order valence-corrected chi connectivity index (χ2v) is 5.83. The molecule has 4 nitrogen and oxygen atoms in total. The van der Waals surface area contributed by atoms with Crippen LogP contribution in [0.5, 0.6) is 11.5 Å². The van der Waals surface area contributed by atoms with Gasteiger partial charge in [0.05, 0.1) is 17.2 Å². The van der Waals surface area contributed by atoms with Crippen LogP contribution in [-0.2, 0) is 6.54 Å². The molecule has 1 aromatic carbocycles. The summed E-state index contributed by atoms with van der Waals surface area (Å²) in [5.41, 5.74) is 0.293. The van der Waals surface area contributed by atoms with E-state index in [0.29, 0.717) is 23.3 Å². The molecule has 1 atom stereocenters. The van der Waals surface area contributed by atoms with E-state index in [2.05, 4.69) is 28.2 Å². The highest BCUT2D eigenvalue weighted by molar-refractivity contribution is 9.10. The van der Waals surface area contributed by atoms with Crippen molar-refractivity contribution in [2.24, 2.45) is 0 Å². The van der Waals surface area contributed by atoms with Gasteiger partial charge in [-0.2, -0.15) is 0 Å². The first-order valence-electron chi connectivity index (χ1n) is 6.38. The predicted octanol–water partition coefficient (Wildman–Crippen LogP) is 2.80. The number of aliphatic hydroxyl groups is 1. The van der Waals surface area contributed by atoms with Gasteiger partial charge in [0.25, 0.3) is 0 Å². The first-order chi connectivity index (χ1) is 8.89. The van der Waals surface area contributed by atoms with Crippen LogP contribution in [0.1, 0.15) is 32.3 Å². The number of benzene rings is 1. The van der Waals surface area contributed by atoms with Gasteiger partial charge >= 0.3 is 0 Å². The minimum atomic E-state index is -0.688. The van der Waals surface area contributed by atoms with Gasteiger partial charge in [-0.3, -0.25) is 0 Å². The summed E-state index contributed by atoms with van der Waals surface area (Å²) in [4.78, 5) is 0. The van der Waals surface area contributed by atoms with E-state index >= 15 is 0 Å². The van der Waals surface area contributed by atoms with E-state index in [1.165, 1.54) is 7.11 Å². The average Bonchev–Trinajstić information content (AvgIpc) is 2.33. The first kappa shape index (κ1) is 16.3. The molecule has 0 spiro atoms. The number of hydrogen-bond donors (Lipinski definition) is 3. The molecule has 5 heteroatoms. The second kappa shape index (κ2) is 7.12. The topological polar surface area (TPSA) is 61.7 Å². The molecule has 0 aliphatic rings. The highest BCUT2D eigenvalue weighted by Crippen LogP contribution is 2.35. The third kappa shape index (κ3) is 5.01. The second-order valence-electron chi connectivity index (χ2n) is 4.98. The molecule has 1 unspecified atom stereocenters. The van der Waals surface area contributed by atoms with Gasteiger partial charge < -0.3 is 20.3 Å². The van der Waals surface area contributed by atoms with Gasteiger partial charge in [0.1, 0.15) is 0 Å². The highest BCUT2D eigenvalue weighted by Gasteiger charge is 2.18. The van der Waals surface area contributed by atoms with Gasteiger partial charge in [-0.25, -0.2) is 0 Å². The largest absolute Gasteiger partial charge is 0.503 e. The van der Waals surface area contributed by atoms with Gasteiger partial charge in [0.15, 0.2) is 11.5 Å². The number of halogens is 1. The van der Waals surface area contributed by atoms with Crippen LogP contribution in [0.4, 0.5) is 0 Å². The summed E-state index contributed by atoms with van der Waals surface area (Å²) in [6.07, 6.45) is 1.72. The van der Waals surface area contributed by atoms with Crippen molar-refractivity contribution in [3.05, 3.63) is 22.2 Å². The van der Waals surface area contributed by atoms with Crippen molar-refractivity contribution in [3.8, 4) is 11.5 Å². The minimum absolute atomic E-state index is 0.101. The maximum atomic E-state index is 10.1. The molecule has 0 amide bonds. The molecule has 0 saturated heterocycles. The zero-order valence-electron chi connectivity index (χ0n) is 11.7. The van der Waals surface area contributed by atoms with E-state index in [1.807, 2.05) is 13.0 Å². The van der Waals surface area contributed by atoms with Gasteiger partial charge in [-0.1, -0.05) is 13.3 Å². The van der Waals surface area contributed by atoms with E-state index in [9.17, 15) is 10.2 Å². The van der Waals surface area contributed by atoms with E-state index in [4.69, 9.17) is 4.74 Å². The highest BCUT2D eigenvalue weighted by atomic mass is 79.9. The normalized spacial score (nSPS) is 14.2. The molecule has 108 valence electrons. The molecule has 0 aromatic heterocycles. The van der Waals surface area contributed by atoms with Crippen molar-refractivity contribution in [1.82, 2.24) is 5.32 Å². The van der Waals surface area contributed by atoms with Crippen molar-refractivity contribution in [3.63, 3.8) is 0 Å². The Bertz CT molecular complexity index is 421. The first-order valence-corrected chi connectivity index (χ1v) is 7.17. The van der Waals surface area contributed by atoms with Crippen LogP contribution in [0.2, 0.25) is 0 Å². The maximum Gasteiger partial charge on any atom is 0.172 e. The van der Waals surface area contributed by atoms with Crippen molar-refractivity contribution in [2.75, 3.05) is 13.7 Å². The fourth-order valence-corrected chi connectivity index (χ4v) is 2.48. The number of nitrogens with one attached hydrogen (secondary N) is 1. The number of aromatic hydroxyl groups is 1. The molecule has 0 fully saturated rings. The summed E-state index contributed by atoms with van der Waals surface area (Å²) in [6, 6.07) is 3.61. The molecular weight excluding hydrogens is 310 g/mol. The third-order valence-electron chi connectivity index (χ3n) is 2.93. The Morgan fingerprint density at radius 2 is 2.11 bits per heavy atom. The van der Waals surface area contributed by atoms with Crippen molar-refractivity contribution in [2.45, 2.75) is 38.8 Å². The van der Waals surface area contributed by atoms with E-state index < -0.39 is 5.60 Å². The number of phenolic OH excluding ortho intramolecular Hbond substituents is 1. The van der Waals surface area contributed by atoms with Crippen LogP contribution in [0, 0.1) is 0 Å². The third-order valence-corrected chi connectivity index (χ3v) is 3.54. The Balaban J connectivity index is 2.61. The SMILES string of the molecule is CCCC(C)(O)CNCc1cc(Br)c(O)c(OC)c1. The van der Waals surface area contributed by atoms with Crippen LogP contribution < -0.4 is 10.1 Å². The van der Waals surface area contributed by atoms with Gasteiger partial charge in [0, 0.05) is 13.1 Å². The molecule has 19 heavy (non-hydrogen) atoms. The summed E-state index contributed by atoms with van der Waals surface area (Å²) in [5, 5.41) is 23.0. The molecule has 1 aromatic rings. The van der Waals surface area contributed by atoms with Crippen molar-refractivity contribution < 1.29 is 14.9 Å². The number of hydrogen-bond acceptors (Lipinski definition) is 4. The lowest BCUT2D eigenvalue weighted by molar-refractivity contribution is 0.0498. The van der Waals surface area contributed by atoms with E-state index in [1.54, 1.807) is 6.07 Å². The standard InChI is InChI=1S/C14H22BrNO3/c1-4-5-14(2,18)9-16-8-10-6-11(15)13(17)12(7-10)19-3/h6-7,16-18H,4-5,8-9H2,1-3H3. The lowest BCUT2D eigenvalue weighted by atomic mass is 10.0. The number of ether oxygens (including phenoxy) is 1. The number of rotatable bonds is 7. The molecule has 3 N–H and O–H groups in total. The molecule has 0 radical (unpaired) electrons. The lowest BCUT2D eigenvalue weighted by Gasteiger charge is -2.23. The quantitative estimate of drug-likeness (QED) is 0.719. The molecule has 0 saturated carbocycles. The molecule has 1 rings (SSSR count). The summed E-state index contributed by atoms with van der Waals surface area (Å²) in [7, 11) is 1.52. The summed E-state index contributed by atoms with van der Waals surface area (Å²) >= 11 is 3.29. The zero-order valence-corrected chi connectivity index (χ0v) is 13.2. The Labute approximate surface area is 122 Å². The van der Waals surface area contributed by atoms with Gasteiger partial charge in [-0.15, -0.1) is 0 Å². The Kier molecular flexibility index (Phi) is 6.10. The van der Waals surface area contributed by atoms with E-state index in [0.717, 1.165) is 18.4 Å². The van der Waals surface area contributed by atoms with Crippen molar-refractivity contribution in [1.29, 1.82) is 0 Å². The smallest absolute Gasteiger partial charge is 0.172 e. The van der Waals surface area contributed by atoms with Crippen LogP contribution in [0.15, 0.2) is 16.6 Å². The van der Waals surface area contributed by atoms with Gasteiger partial charge in [0.2, 0.25) is 0 Å². The monoisotopic (exact) mass is 331 g/mol. The molecular formula is C14H22BrNO3. The average molecular weight is 332 g/mol. The van der Waals surface area contributed by atoms with E-state index in [-0.39, 0.29) is 5.75 Å². The fourth-order valence-electron chi connectivity index (χ4n) is 1.99. The fraction of sp³-hybridized carbons (Fsp3) is 0.571. The van der Waals surface area contributed by atoms with Crippen LogP contribution in [0.25, 0.3) is 0 Å². The van der Waals surface area contributed by atoms with Crippen LogP contribution in [-0.4, -0.2) is 29.5 Å². The Morgan fingerprint density at radius 3 is 2.68 bits per heavy atom. The number of phenols is 1. The predicted molar refractivity (Wildman–Crippen MR) is 79.6 cm³/mol. The summed E-state index contributed by atoms with van der Waals surface area (Å²) in [5.74, 6) is 0.538. The van der Waals surface area contributed by atoms with Crippen molar-refractivity contribution >= 4 is 15.9 Å². The summed E-state index contributed by atoms with van der Waals surface area (Å²) < 4.78 is 5.70. The Morgan fingerprint density at radius 1 is 1.42 bits per heavy atom. The van der Waals surface area contributed by atoms with Gasteiger partial charge in [-0.05, 0) is 47.0 Å². The minimum Gasteiger partial charge on any atom is -0.503 e. The van der Waals surface area contributed by atoms with Crippen LogP contribution >= 0.6 is 15.9 Å². The maximum absolute atomic E-state index is 10.1. The van der Waals surface area contributed by atoms with Crippen LogP contribution in [0.3, 0.4) is 0 Å². The summed E-state index contributed by atoms with van der Waals surface area (Å²) in [6.45, 7) is 5.02. The molecule has 0 aliphatic carbocycles. The Hall–Kier alpha value is -0.780. The zero-order chi connectivity index (χ0) is 14.5. The number of methoxy groups -OCH3 is 1. The lowest BCUT2D eigenvalue weighted by Crippen LogP contribution is -2.37. The molecule has 0 heterocycles. The molecule has 0 aliphatic heterocycles.